The standard InChI is InChI=1S/C13H15FN2O4/c1-20-11-7-8(4-5-9(11)14)15-13(19)16-6-2-3-10(16)12(17)18/h4-5,7,10H,2-3,6H2,1H3,(H,15,19)(H,17,18). The fraction of sp³-hybridized carbons (Fsp3) is 0.385. The molecule has 1 aromatic carbocycles. The zero-order valence-corrected chi connectivity index (χ0v) is 10.9. The van der Waals surface area contributed by atoms with E-state index in [1.165, 1.54) is 30.2 Å². The molecule has 0 radical (unpaired) electrons. The van der Waals surface area contributed by atoms with Gasteiger partial charge in [-0.05, 0) is 25.0 Å². The van der Waals surface area contributed by atoms with E-state index in [9.17, 15) is 14.0 Å². The van der Waals surface area contributed by atoms with Crippen LogP contribution in [0.4, 0.5) is 14.9 Å². The number of carbonyl (C=O) groups excluding carboxylic acids is 1. The summed E-state index contributed by atoms with van der Waals surface area (Å²) in [5, 5.41) is 11.6. The molecule has 108 valence electrons. The summed E-state index contributed by atoms with van der Waals surface area (Å²) in [5.41, 5.74) is 0.351. The van der Waals surface area contributed by atoms with Gasteiger partial charge in [0.15, 0.2) is 11.6 Å². The molecule has 1 aromatic rings. The molecule has 1 unspecified atom stereocenters. The van der Waals surface area contributed by atoms with E-state index in [1.54, 1.807) is 0 Å². The number of aliphatic carboxylic acids is 1. The maximum atomic E-state index is 13.3. The molecule has 0 aromatic heterocycles. The Bertz CT molecular complexity index is 535. The van der Waals surface area contributed by atoms with E-state index >= 15 is 0 Å². The molecule has 2 rings (SSSR count). The van der Waals surface area contributed by atoms with Crippen LogP contribution < -0.4 is 10.1 Å². The summed E-state index contributed by atoms with van der Waals surface area (Å²) in [6.45, 7) is 0.390. The van der Waals surface area contributed by atoms with E-state index in [1.807, 2.05) is 0 Å². The van der Waals surface area contributed by atoms with E-state index in [4.69, 9.17) is 9.84 Å². The Balaban J connectivity index is 2.09. The maximum absolute atomic E-state index is 13.3. The summed E-state index contributed by atoms with van der Waals surface area (Å²) in [5.74, 6) is -1.54. The molecule has 1 atom stereocenters. The Labute approximate surface area is 115 Å². The molecule has 6 nitrogen and oxygen atoms in total. The van der Waals surface area contributed by atoms with Gasteiger partial charge in [0.2, 0.25) is 0 Å². The summed E-state index contributed by atoms with van der Waals surface area (Å²) < 4.78 is 18.1. The zero-order valence-electron chi connectivity index (χ0n) is 10.9. The summed E-state index contributed by atoms with van der Waals surface area (Å²) >= 11 is 0. The molecule has 2 amide bonds. The van der Waals surface area contributed by atoms with Gasteiger partial charge in [-0.3, -0.25) is 0 Å². The van der Waals surface area contributed by atoms with E-state index in [2.05, 4.69) is 5.32 Å². The van der Waals surface area contributed by atoms with Gasteiger partial charge in [-0.2, -0.15) is 0 Å². The highest BCUT2D eigenvalue weighted by atomic mass is 19.1. The number of nitrogens with zero attached hydrogens (tertiary/aromatic N) is 1. The Morgan fingerprint density at radius 3 is 2.90 bits per heavy atom. The highest BCUT2D eigenvalue weighted by molar-refractivity contribution is 5.92. The number of anilines is 1. The molecule has 7 heteroatoms. The van der Waals surface area contributed by atoms with Gasteiger partial charge in [0.05, 0.1) is 7.11 Å². The predicted octanol–water partition coefficient (Wildman–Crippen LogP) is 1.92. The topological polar surface area (TPSA) is 78.9 Å². The normalized spacial score (nSPS) is 17.9. The third kappa shape index (κ3) is 2.81. The molecule has 2 N–H and O–H groups in total. The van der Waals surface area contributed by atoms with Crippen molar-refractivity contribution in [2.75, 3.05) is 19.0 Å². The molecule has 0 bridgehead atoms. The smallest absolute Gasteiger partial charge is 0.326 e. The van der Waals surface area contributed by atoms with Crippen molar-refractivity contribution in [3.63, 3.8) is 0 Å². The molecule has 1 aliphatic rings. The number of likely N-dealkylation sites (tertiary alicyclic amines) is 1. The van der Waals surface area contributed by atoms with Crippen LogP contribution >= 0.6 is 0 Å². The number of carboxylic acids is 1. The molecule has 1 heterocycles. The van der Waals surface area contributed by atoms with Crippen molar-refractivity contribution < 1.29 is 23.8 Å². The number of methoxy groups -OCH3 is 1. The molecule has 0 aliphatic carbocycles. The first kappa shape index (κ1) is 14.1. The number of carbonyl (C=O) groups is 2. The molecule has 20 heavy (non-hydrogen) atoms. The van der Waals surface area contributed by atoms with E-state index in [-0.39, 0.29) is 5.75 Å². The first-order chi connectivity index (χ1) is 9.52. The number of ether oxygens (including phenoxy) is 1. The predicted molar refractivity (Wildman–Crippen MR) is 69.3 cm³/mol. The second-order valence-electron chi connectivity index (χ2n) is 4.47. The van der Waals surface area contributed by atoms with Gasteiger partial charge >= 0.3 is 12.0 Å². The van der Waals surface area contributed by atoms with Crippen LogP contribution in [0.1, 0.15) is 12.8 Å². The number of rotatable bonds is 3. The Hall–Kier alpha value is -2.31. The van der Waals surface area contributed by atoms with Crippen LogP contribution in [0.5, 0.6) is 5.75 Å². The quantitative estimate of drug-likeness (QED) is 0.887. The van der Waals surface area contributed by atoms with Crippen LogP contribution in [0.25, 0.3) is 0 Å². The molecule has 1 aliphatic heterocycles. The van der Waals surface area contributed by atoms with E-state index in [0.29, 0.717) is 25.1 Å². The third-order valence-electron chi connectivity index (χ3n) is 3.20. The van der Waals surface area contributed by atoms with Gasteiger partial charge in [-0.1, -0.05) is 0 Å². The van der Waals surface area contributed by atoms with Gasteiger partial charge < -0.3 is 20.1 Å². The second kappa shape index (κ2) is 5.77. The maximum Gasteiger partial charge on any atom is 0.326 e. The summed E-state index contributed by atoms with van der Waals surface area (Å²) in [7, 11) is 1.32. The summed E-state index contributed by atoms with van der Waals surface area (Å²) in [6, 6.07) is 2.59. The van der Waals surface area contributed by atoms with Crippen molar-refractivity contribution in [2.24, 2.45) is 0 Å². The SMILES string of the molecule is COc1cc(NC(=O)N2CCCC2C(=O)O)ccc1F. The van der Waals surface area contributed by atoms with Crippen molar-refractivity contribution in [3.8, 4) is 5.75 Å². The average Bonchev–Trinajstić information content (AvgIpc) is 2.90. The first-order valence-electron chi connectivity index (χ1n) is 6.17. The Morgan fingerprint density at radius 2 is 2.25 bits per heavy atom. The minimum atomic E-state index is -1.02. The number of benzene rings is 1. The van der Waals surface area contributed by atoms with Crippen LogP contribution in [-0.4, -0.2) is 41.7 Å². The number of urea groups is 1. The van der Waals surface area contributed by atoms with Gasteiger partial charge in [-0.15, -0.1) is 0 Å². The van der Waals surface area contributed by atoms with Crippen molar-refractivity contribution in [1.29, 1.82) is 0 Å². The molecule has 0 saturated carbocycles. The number of carboxylic acid groups (broad SMARTS) is 1. The van der Waals surface area contributed by atoms with E-state index in [0.717, 1.165) is 0 Å². The Kier molecular flexibility index (Phi) is 4.07. The average molecular weight is 282 g/mol. The summed E-state index contributed by atoms with van der Waals surface area (Å²) in [4.78, 5) is 24.3. The highest BCUT2D eigenvalue weighted by Gasteiger charge is 2.34. The van der Waals surface area contributed by atoms with Crippen LogP contribution in [0.15, 0.2) is 18.2 Å². The first-order valence-corrected chi connectivity index (χ1v) is 6.17. The largest absolute Gasteiger partial charge is 0.494 e. The number of amides is 2. The molecule has 1 fully saturated rings. The van der Waals surface area contributed by atoms with Crippen molar-refractivity contribution in [2.45, 2.75) is 18.9 Å². The van der Waals surface area contributed by atoms with Crippen LogP contribution in [-0.2, 0) is 4.79 Å². The third-order valence-corrected chi connectivity index (χ3v) is 3.20. The lowest BCUT2D eigenvalue weighted by Gasteiger charge is -2.21. The minimum absolute atomic E-state index is 0.0130. The van der Waals surface area contributed by atoms with Gasteiger partial charge in [0.25, 0.3) is 0 Å². The van der Waals surface area contributed by atoms with Crippen molar-refractivity contribution in [3.05, 3.63) is 24.0 Å². The lowest BCUT2D eigenvalue weighted by molar-refractivity contribution is -0.141. The lowest BCUT2D eigenvalue weighted by Crippen LogP contribution is -2.42. The fourth-order valence-electron chi connectivity index (χ4n) is 2.20. The fourth-order valence-corrected chi connectivity index (χ4v) is 2.20. The van der Waals surface area contributed by atoms with Gasteiger partial charge in [0, 0.05) is 18.3 Å². The number of nitrogens with one attached hydrogen (secondary N) is 1. The Morgan fingerprint density at radius 1 is 1.50 bits per heavy atom. The van der Waals surface area contributed by atoms with Crippen LogP contribution in [0, 0.1) is 5.82 Å². The number of hydrogen-bond acceptors (Lipinski definition) is 3. The lowest BCUT2D eigenvalue weighted by atomic mass is 10.2. The zero-order chi connectivity index (χ0) is 14.7. The molecular weight excluding hydrogens is 267 g/mol. The van der Waals surface area contributed by atoms with Crippen LogP contribution in [0.2, 0.25) is 0 Å². The number of hydrogen-bond donors (Lipinski definition) is 2. The molecule has 1 saturated heterocycles. The molecule has 0 spiro atoms. The number of halogens is 1. The van der Waals surface area contributed by atoms with Crippen molar-refractivity contribution in [1.82, 2.24) is 4.90 Å². The summed E-state index contributed by atoms with van der Waals surface area (Å²) in [6.07, 6.45) is 1.09. The minimum Gasteiger partial charge on any atom is -0.494 e. The van der Waals surface area contributed by atoms with E-state index < -0.39 is 23.9 Å². The monoisotopic (exact) mass is 282 g/mol. The van der Waals surface area contributed by atoms with Gasteiger partial charge in [0.1, 0.15) is 6.04 Å². The van der Waals surface area contributed by atoms with Gasteiger partial charge in [-0.25, -0.2) is 14.0 Å². The second-order valence-corrected chi connectivity index (χ2v) is 4.47. The van der Waals surface area contributed by atoms with Crippen LogP contribution in [0.3, 0.4) is 0 Å². The highest BCUT2D eigenvalue weighted by Crippen LogP contribution is 2.23. The molecular formula is C13H15FN2O4. The van der Waals surface area contributed by atoms with Crippen molar-refractivity contribution >= 4 is 17.7 Å².